The number of hydrogen-bond donors (Lipinski definition) is 1. The summed E-state index contributed by atoms with van der Waals surface area (Å²) in [5.41, 5.74) is 1.25. The summed E-state index contributed by atoms with van der Waals surface area (Å²) >= 11 is 0. The molecule has 2 unspecified atom stereocenters. The fourth-order valence-corrected chi connectivity index (χ4v) is 2.87. The van der Waals surface area contributed by atoms with Gasteiger partial charge in [0.25, 0.3) is 0 Å². The van der Waals surface area contributed by atoms with Crippen LogP contribution >= 0.6 is 0 Å². The lowest BCUT2D eigenvalue weighted by Crippen LogP contribution is -2.41. The lowest BCUT2D eigenvalue weighted by molar-refractivity contribution is -0.119. The minimum atomic E-state index is 0.0492. The summed E-state index contributed by atoms with van der Waals surface area (Å²) in [5.74, 6) is 0.519. The number of hydrogen-bond acceptors (Lipinski definition) is 3. The van der Waals surface area contributed by atoms with Crippen molar-refractivity contribution in [1.82, 2.24) is 20.0 Å². The zero-order valence-corrected chi connectivity index (χ0v) is 11.4. The number of amides is 1. The Balaban J connectivity index is 2.12. The summed E-state index contributed by atoms with van der Waals surface area (Å²) in [6.07, 6.45) is 6.36. The van der Waals surface area contributed by atoms with Crippen molar-refractivity contribution in [1.29, 1.82) is 0 Å². The molecule has 1 aromatic heterocycles. The number of piperidine rings is 1. The number of nitrogens with zero attached hydrogens (tertiary/aromatic N) is 3. The molecule has 100 valence electrons. The molecule has 2 heterocycles. The number of rotatable bonds is 3. The first-order valence-electron chi connectivity index (χ1n) is 6.51. The third-order valence-electron chi connectivity index (χ3n) is 3.69. The molecule has 1 aromatic rings. The van der Waals surface area contributed by atoms with Gasteiger partial charge in [0.15, 0.2) is 0 Å². The molecule has 1 fully saturated rings. The Hall–Kier alpha value is -1.36. The molecular formula is C13H22N4O. The summed E-state index contributed by atoms with van der Waals surface area (Å²) < 4.78 is 1.84. The van der Waals surface area contributed by atoms with Crippen LogP contribution in [0.3, 0.4) is 0 Å². The van der Waals surface area contributed by atoms with Crippen molar-refractivity contribution in [2.24, 2.45) is 13.0 Å². The standard InChI is InChI=1S/C13H22N4O/c1-10(18)14-7-11-5-4-6-16(2)13(11)12-8-15-17(3)9-12/h8-9,11,13H,4-7H2,1-3H3,(H,14,18). The van der Waals surface area contributed by atoms with Crippen molar-refractivity contribution in [2.45, 2.75) is 25.8 Å². The van der Waals surface area contributed by atoms with E-state index < -0.39 is 0 Å². The van der Waals surface area contributed by atoms with Gasteiger partial charge >= 0.3 is 0 Å². The fraction of sp³-hybridized carbons (Fsp3) is 0.692. The maximum atomic E-state index is 11.1. The number of aryl methyl sites for hydroxylation is 1. The third-order valence-corrected chi connectivity index (χ3v) is 3.69. The largest absolute Gasteiger partial charge is 0.356 e. The van der Waals surface area contributed by atoms with Gasteiger partial charge in [-0.2, -0.15) is 5.10 Å². The van der Waals surface area contributed by atoms with E-state index in [1.165, 1.54) is 12.0 Å². The number of carbonyl (C=O) groups is 1. The number of nitrogens with one attached hydrogen (secondary N) is 1. The van der Waals surface area contributed by atoms with Crippen LogP contribution in [0.25, 0.3) is 0 Å². The topological polar surface area (TPSA) is 50.2 Å². The fourth-order valence-electron chi connectivity index (χ4n) is 2.87. The monoisotopic (exact) mass is 250 g/mol. The van der Waals surface area contributed by atoms with E-state index in [0.29, 0.717) is 12.0 Å². The van der Waals surface area contributed by atoms with Crippen LogP contribution in [0.15, 0.2) is 12.4 Å². The van der Waals surface area contributed by atoms with Crippen LogP contribution in [0, 0.1) is 5.92 Å². The summed E-state index contributed by atoms with van der Waals surface area (Å²) in [7, 11) is 4.09. The molecular weight excluding hydrogens is 228 g/mol. The molecule has 5 nitrogen and oxygen atoms in total. The van der Waals surface area contributed by atoms with Gasteiger partial charge in [0.1, 0.15) is 0 Å². The zero-order valence-electron chi connectivity index (χ0n) is 11.4. The summed E-state index contributed by atoms with van der Waals surface area (Å²) in [6.45, 7) is 3.43. The van der Waals surface area contributed by atoms with Crippen LogP contribution in [0.2, 0.25) is 0 Å². The second-order valence-corrected chi connectivity index (χ2v) is 5.21. The Kier molecular flexibility index (Phi) is 4.01. The van der Waals surface area contributed by atoms with Crippen LogP contribution in [-0.4, -0.2) is 40.7 Å². The molecule has 1 amide bonds. The maximum Gasteiger partial charge on any atom is 0.216 e. The minimum absolute atomic E-state index is 0.0492. The average molecular weight is 250 g/mol. The molecule has 5 heteroatoms. The molecule has 18 heavy (non-hydrogen) atoms. The Labute approximate surface area is 108 Å². The van der Waals surface area contributed by atoms with Gasteiger partial charge in [0.2, 0.25) is 5.91 Å². The highest BCUT2D eigenvalue weighted by molar-refractivity contribution is 5.72. The van der Waals surface area contributed by atoms with Crippen LogP contribution in [0.1, 0.15) is 31.4 Å². The number of likely N-dealkylation sites (tertiary alicyclic amines) is 1. The number of aromatic nitrogens is 2. The van der Waals surface area contributed by atoms with E-state index in [0.717, 1.165) is 19.5 Å². The van der Waals surface area contributed by atoms with Crippen molar-refractivity contribution in [3.8, 4) is 0 Å². The third kappa shape index (κ3) is 2.90. The van der Waals surface area contributed by atoms with Crippen molar-refractivity contribution in [3.05, 3.63) is 18.0 Å². The molecule has 1 N–H and O–H groups in total. The van der Waals surface area contributed by atoms with E-state index in [9.17, 15) is 4.79 Å². The van der Waals surface area contributed by atoms with Gasteiger partial charge in [0, 0.05) is 38.3 Å². The second-order valence-electron chi connectivity index (χ2n) is 5.21. The van der Waals surface area contributed by atoms with E-state index >= 15 is 0 Å². The van der Waals surface area contributed by atoms with Crippen LogP contribution in [0.5, 0.6) is 0 Å². The van der Waals surface area contributed by atoms with E-state index in [-0.39, 0.29) is 5.91 Å². The quantitative estimate of drug-likeness (QED) is 0.868. The van der Waals surface area contributed by atoms with E-state index in [2.05, 4.69) is 28.6 Å². The molecule has 0 radical (unpaired) electrons. The van der Waals surface area contributed by atoms with Gasteiger partial charge in [-0.25, -0.2) is 0 Å². The lowest BCUT2D eigenvalue weighted by Gasteiger charge is -2.38. The van der Waals surface area contributed by atoms with Crippen molar-refractivity contribution < 1.29 is 4.79 Å². The van der Waals surface area contributed by atoms with Crippen LogP contribution in [0.4, 0.5) is 0 Å². The molecule has 0 aliphatic carbocycles. The molecule has 2 atom stereocenters. The predicted molar refractivity (Wildman–Crippen MR) is 70.0 cm³/mol. The molecule has 0 saturated carbocycles. The van der Waals surface area contributed by atoms with Gasteiger partial charge in [-0.3, -0.25) is 14.4 Å². The lowest BCUT2D eigenvalue weighted by atomic mass is 9.86. The van der Waals surface area contributed by atoms with Gasteiger partial charge < -0.3 is 5.32 Å². The van der Waals surface area contributed by atoms with Crippen LogP contribution < -0.4 is 5.32 Å². The molecule has 0 bridgehead atoms. The normalized spacial score (nSPS) is 25.1. The van der Waals surface area contributed by atoms with E-state index in [1.54, 1.807) is 6.92 Å². The first-order chi connectivity index (χ1) is 8.58. The predicted octanol–water partition coefficient (Wildman–Crippen LogP) is 0.939. The van der Waals surface area contributed by atoms with E-state index in [1.807, 2.05) is 17.9 Å². The number of carbonyl (C=O) groups excluding carboxylic acids is 1. The smallest absolute Gasteiger partial charge is 0.216 e. The molecule has 1 saturated heterocycles. The molecule has 0 spiro atoms. The second kappa shape index (κ2) is 5.52. The van der Waals surface area contributed by atoms with Crippen molar-refractivity contribution in [3.63, 3.8) is 0 Å². The van der Waals surface area contributed by atoms with Gasteiger partial charge in [0.05, 0.1) is 6.20 Å². The van der Waals surface area contributed by atoms with Gasteiger partial charge in [-0.05, 0) is 32.4 Å². The van der Waals surface area contributed by atoms with Crippen molar-refractivity contribution in [2.75, 3.05) is 20.1 Å². The van der Waals surface area contributed by atoms with E-state index in [4.69, 9.17) is 0 Å². The molecule has 1 aliphatic rings. The highest BCUT2D eigenvalue weighted by atomic mass is 16.1. The Morgan fingerprint density at radius 3 is 2.94 bits per heavy atom. The Morgan fingerprint density at radius 2 is 2.33 bits per heavy atom. The first kappa shape index (κ1) is 13.1. The SMILES string of the molecule is CC(=O)NCC1CCCN(C)C1c1cnn(C)c1. The summed E-state index contributed by atoms with van der Waals surface area (Å²) in [5, 5.41) is 7.21. The molecule has 0 aromatic carbocycles. The Morgan fingerprint density at radius 1 is 1.56 bits per heavy atom. The van der Waals surface area contributed by atoms with Crippen molar-refractivity contribution >= 4 is 5.91 Å². The minimum Gasteiger partial charge on any atom is -0.356 e. The molecule has 1 aliphatic heterocycles. The van der Waals surface area contributed by atoms with Gasteiger partial charge in [-0.1, -0.05) is 0 Å². The summed E-state index contributed by atoms with van der Waals surface area (Å²) in [4.78, 5) is 13.4. The highest BCUT2D eigenvalue weighted by Crippen LogP contribution is 2.34. The maximum absolute atomic E-state index is 11.1. The first-order valence-corrected chi connectivity index (χ1v) is 6.51. The Bertz CT molecular complexity index is 415. The van der Waals surface area contributed by atoms with Crippen LogP contribution in [-0.2, 0) is 11.8 Å². The highest BCUT2D eigenvalue weighted by Gasteiger charge is 2.31. The van der Waals surface area contributed by atoms with Gasteiger partial charge in [-0.15, -0.1) is 0 Å². The zero-order chi connectivity index (χ0) is 13.1. The average Bonchev–Trinajstić information content (AvgIpc) is 2.72. The molecule has 2 rings (SSSR count). The summed E-state index contributed by atoms with van der Waals surface area (Å²) in [6, 6.07) is 0.360.